The molecular weight excluding hydrogens is 468 g/mol. The van der Waals surface area contributed by atoms with Gasteiger partial charge in [-0.1, -0.05) is 12.1 Å². The molecule has 3 aliphatic heterocycles. The number of anilines is 2. The van der Waals surface area contributed by atoms with Crippen LogP contribution in [0.5, 0.6) is 0 Å². The van der Waals surface area contributed by atoms with Crippen molar-refractivity contribution < 1.29 is 13.2 Å². The van der Waals surface area contributed by atoms with Crippen molar-refractivity contribution in [1.82, 2.24) is 29.8 Å². The minimum absolute atomic E-state index is 0.00216. The Kier molecular flexibility index (Phi) is 5.37. The molecule has 12 heteroatoms. The normalized spacial score (nSPS) is 25.4. The lowest BCUT2D eigenvalue weighted by Gasteiger charge is -2.34. The van der Waals surface area contributed by atoms with E-state index in [-0.39, 0.29) is 30.6 Å². The average molecular weight is 497 g/mol. The van der Waals surface area contributed by atoms with E-state index in [0.29, 0.717) is 22.8 Å². The number of nitrogens with one attached hydrogen (secondary N) is 3. The maximum Gasteiger partial charge on any atom is 0.246 e. The molecule has 3 atom stereocenters. The highest BCUT2D eigenvalue weighted by atomic mass is 32.2. The third-order valence-electron chi connectivity index (χ3n) is 7.29. The van der Waals surface area contributed by atoms with Crippen LogP contribution in [0.4, 0.5) is 11.5 Å². The number of rotatable bonds is 5. The molecule has 3 aromatic rings. The third-order valence-corrected chi connectivity index (χ3v) is 9.43. The average Bonchev–Trinajstić information content (AvgIpc) is 3.54. The van der Waals surface area contributed by atoms with E-state index >= 15 is 0 Å². The minimum Gasteiger partial charge on any atom is -0.375 e. The molecule has 184 valence electrons. The quantitative estimate of drug-likeness (QED) is 0.486. The van der Waals surface area contributed by atoms with E-state index in [1.54, 1.807) is 16.6 Å². The Labute approximate surface area is 203 Å². The van der Waals surface area contributed by atoms with Crippen LogP contribution in [0.25, 0.3) is 11.0 Å². The zero-order chi connectivity index (χ0) is 24.2. The highest BCUT2D eigenvalue weighted by Crippen LogP contribution is 2.50. The molecule has 3 aliphatic rings. The fourth-order valence-electron chi connectivity index (χ4n) is 5.75. The predicted octanol–water partition coefficient (Wildman–Crippen LogP) is 1.78. The number of amides is 1. The molecule has 35 heavy (non-hydrogen) atoms. The fraction of sp³-hybridized carbons (Fsp3) is 0.478. The van der Waals surface area contributed by atoms with Crippen LogP contribution in [-0.4, -0.2) is 70.5 Å². The van der Waals surface area contributed by atoms with Crippen LogP contribution in [0.15, 0.2) is 35.6 Å². The van der Waals surface area contributed by atoms with Crippen molar-refractivity contribution in [3.8, 4) is 0 Å². The van der Waals surface area contributed by atoms with Crippen LogP contribution in [0.1, 0.15) is 44.2 Å². The largest absolute Gasteiger partial charge is 0.375 e. The number of benzene rings is 1. The minimum atomic E-state index is -3.58. The smallest absolute Gasteiger partial charge is 0.246 e. The first kappa shape index (κ1) is 22.2. The molecule has 2 fully saturated rings. The predicted molar refractivity (Wildman–Crippen MR) is 130 cm³/mol. The molecule has 0 bridgehead atoms. The number of H-pyrrole nitrogens is 1. The summed E-state index contributed by atoms with van der Waals surface area (Å²) in [6.07, 6.45) is 6.71. The second kappa shape index (κ2) is 8.45. The molecule has 11 nitrogen and oxygen atoms in total. The van der Waals surface area contributed by atoms with Crippen molar-refractivity contribution in [2.24, 2.45) is 0 Å². The summed E-state index contributed by atoms with van der Waals surface area (Å²) in [5, 5.41) is 14.0. The van der Waals surface area contributed by atoms with Gasteiger partial charge in [-0.05, 0) is 44.2 Å². The Bertz CT molecular complexity index is 1390. The van der Waals surface area contributed by atoms with Crippen LogP contribution in [-0.2, 0) is 14.8 Å². The molecule has 2 unspecified atom stereocenters. The Morgan fingerprint density at radius 1 is 1.23 bits per heavy atom. The van der Waals surface area contributed by atoms with Gasteiger partial charge in [0.2, 0.25) is 15.9 Å². The Morgan fingerprint density at radius 2 is 2.11 bits per heavy atom. The Balaban J connectivity index is 1.13. The number of hydrogen-bond donors (Lipinski definition) is 3. The molecule has 0 spiro atoms. The SMILES string of the molecule is CC1CCC2c3cccc(NCC(=O)N[C@@H]4CCCN(c5ncnc6[nH]ncc56)C4)c3S(=O)(=O)N12. The summed E-state index contributed by atoms with van der Waals surface area (Å²) in [5.74, 6) is 0.635. The second-order valence-electron chi connectivity index (χ2n) is 9.54. The fourth-order valence-corrected chi connectivity index (χ4v) is 8.02. The highest BCUT2D eigenvalue weighted by molar-refractivity contribution is 7.89. The van der Waals surface area contributed by atoms with Crippen LogP contribution in [0.2, 0.25) is 0 Å². The number of aromatic amines is 1. The zero-order valence-corrected chi connectivity index (χ0v) is 20.3. The van der Waals surface area contributed by atoms with E-state index in [9.17, 15) is 13.2 Å². The van der Waals surface area contributed by atoms with E-state index in [1.807, 2.05) is 19.1 Å². The number of carbonyl (C=O) groups excluding carboxylic acids is 1. The van der Waals surface area contributed by atoms with Gasteiger partial charge < -0.3 is 15.5 Å². The number of sulfonamides is 1. The van der Waals surface area contributed by atoms with Gasteiger partial charge in [-0.15, -0.1) is 0 Å². The van der Waals surface area contributed by atoms with Crippen molar-refractivity contribution in [2.75, 3.05) is 29.9 Å². The van der Waals surface area contributed by atoms with Gasteiger partial charge >= 0.3 is 0 Å². The Hall–Kier alpha value is -3.25. The molecule has 0 aliphatic carbocycles. The van der Waals surface area contributed by atoms with Crippen LogP contribution in [0, 0.1) is 0 Å². The van der Waals surface area contributed by atoms with Gasteiger partial charge in [0, 0.05) is 25.2 Å². The number of fused-ring (bicyclic) bond motifs is 4. The number of hydrogen-bond acceptors (Lipinski definition) is 8. The lowest BCUT2D eigenvalue weighted by Crippen LogP contribution is -2.49. The molecule has 1 amide bonds. The summed E-state index contributed by atoms with van der Waals surface area (Å²) in [7, 11) is -3.58. The lowest BCUT2D eigenvalue weighted by atomic mass is 10.0. The van der Waals surface area contributed by atoms with Crippen molar-refractivity contribution >= 4 is 38.5 Å². The summed E-state index contributed by atoms with van der Waals surface area (Å²) >= 11 is 0. The summed E-state index contributed by atoms with van der Waals surface area (Å²) in [6.45, 7) is 3.43. The number of nitrogens with zero attached hydrogens (tertiary/aromatic N) is 5. The summed E-state index contributed by atoms with van der Waals surface area (Å²) in [5.41, 5.74) is 2.01. The summed E-state index contributed by atoms with van der Waals surface area (Å²) < 4.78 is 28.2. The molecule has 2 aromatic heterocycles. The first-order valence-electron chi connectivity index (χ1n) is 12.0. The lowest BCUT2D eigenvalue weighted by molar-refractivity contribution is -0.120. The molecule has 6 rings (SSSR count). The van der Waals surface area contributed by atoms with Gasteiger partial charge in [0.25, 0.3) is 0 Å². The molecule has 1 aromatic carbocycles. The van der Waals surface area contributed by atoms with Gasteiger partial charge in [0.05, 0.1) is 29.9 Å². The molecule has 5 heterocycles. The van der Waals surface area contributed by atoms with E-state index in [2.05, 4.69) is 35.7 Å². The second-order valence-corrected chi connectivity index (χ2v) is 11.3. The summed E-state index contributed by atoms with van der Waals surface area (Å²) in [6, 6.07) is 5.34. The van der Waals surface area contributed by atoms with E-state index in [4.69, 9.17) is 0 Å². The number of aromatic nitrogens is 4. The van der Waals surface area contributed by atoms with Gasteiger partial charge in [-0.25, -0.2) is 18.4 Å². The van der Waals surface area contributed by atoms with Crippen molar-refractivity contribution in [3.05, 3.63) is 36.3 Å². The van der Waals surface area contributed by atoms with Crippen LogP contribution >= 0.6 is 0 Å². The zero-order valence-electron chi connectivity index (χ0n) is 19.4. The van der Waals surface area contributed by atoms with Crippen LogP contribution in [0.3, 0.4) is 0 Å². The van der Waals surface area contributed by atoms with Crippen molar-refractivity contribution in [2.45, 2.75) is 55.6 Å². The summed E-state index contributed by atoms with van der Waals surface area (Å²) in [4.78, 5) is 23.9. The molecule has 2 saturated heterocycles. The number of piperidine rings is 1. The van der Waals surface area contributed by atoms with E-state index < -0.39 is 10.0 Å². The monoisotopic (exact) mass is 496 g/mol. The topological polar surface area (TPSA) is 136 Å². The first-order chi connectivity index (χ1) is 16.9. The standard InChI is InChI=1S/C23H28N8O3S/c1-14-7-8-19-16-5-2-6-18(21(16)35(33,34)31(14)19)24-11-20(32)28-15-4-3-9-30(12-15)23-17-10-27-29-22(17)25-13-26-23/h2,5-6,10,13-15,19,24H,3-4,7-9,11-12H2,1H3,(H,28,32)(H,25,26,27,29)/t14?,15-,19?/m1/s1. The van der Waals surface area contributed by atoms with Gasteiger partial charge in [0.15, 0.2) is 5.65 Å². The number of carbonyl (C=O) groups is 1. The van der Waals surface area contributed by atoms with Crippen LogP contribution < -0.4 is 15.5 Å². The molecule has 0 saturated carbocycles. The molecule has 3 N–H and O–H groups in total. The highest BCUT2D eigenvalue weighted by Gasteiger charge is 2.49. The van der Waals surface area contributed by atoms with Crippen molar-refractivity contribution in [3.63, 3.8) is 0 Å². The van der Waals surface area contributed by atoms with E-state index in [0.717, 1.165) is 49.0 Å². The first-order valence-corrected chi connectivity index (χ1v) is 13.5. The van der Waals surface area contributed by atoms with Crippen molar-refractivity contribution in [1.29, 1.82) is 0 Å². The third kappa shape index (κ3) is 3.71. The molecule has 0 radical (unpaired) electrons. The molecular formula is C23H28N8O3S. The maximum atomic E-state index is 13.3. The van der Waals surface area contributed by atoms with Gasteiger partial charge in [-0.3, -0.25) is 9.89 Å². The van der Waals surface area contributed by atoms with E-state index in [1.165, 1.54) is 6.33 Å². The van der Waals surface area contributed by atoms with Gasteiger partial charge in [-0.2, -0.15) is 9.40 Å². The maximum absolute atomic E-state index is 13.3. The van der Waals surface area contributed by atoms with Gasteiger partial charge in [0.1, 0.15) is 17.0 Å². The Morgan fingerprint density at radius 3 is 3.00 bits per heavy atom.